The lowest BCUT2D eigenvalue weighted by molar-refractivity contribution is -0.141. The number of aliphatic hydroxyl groups excluding tert-OH is 1. The van der Waals surface area contributed by atoms with E-state index >= 15 is 0 Å². The minimum absolute atomic E-state index is 0.122. The van der Waals surface area contributed by atoms with Gasteiger partial charge in [-0.3, -0.25) is 9.78 Å². The summed E-state index contributed by atoms with van der Waals surface area (Å²) in [5, 5.41) is 19.4. The van der Waals surface area contributed by atoms with E-state index in [2.05, 4.69) is 19.9 Å². The first kappa shape index (κ1) is 17.7. The van der Waals surface area contributed by atoms with Gasteiger partial charge in [-0.05, 0) is 36.6 Å². The second-order valence-electron chi connectivity index (χ2n) is 7.17. The van der Waals surface area contributed by atoms with Gasteiger partial charge in [0.05, 0.1) is 12.0 Å². The third-order valence-corrected chi connectivity index (χ3v) is 5.47. The van der Waals surface area contributed by atoms with Crippen molar-refractivity contribution in [3.05, 3.63) is 42.4 Å². The summed E-state index contributed by atoms with van der Waals surface area (Å²) in [7, 11) is 0. The number of carboxylic acid groups (broad SMARTS) is 1. The number of hydrogen-bond acceptors (Lipinski definition) is 7. The van der Waals surface area contributed by atoms with Crippen molar-refractivity contribution < 1.29 is 15.0 Å². The minimum Gasteiger partial charge on any atom is -0.481 e. The lowest BCUT2D eigenvalue weighted by Crippen LogP contribution is -2.36. The number of nitrogens with zero attached hydrogens (tertiary/aromatic N) is 5. The first-order chi connectivity index (χ1) is 13.1. The van der Waals surface area contributed by atoms with Crippen LogP contribution in [-0.4, -0.2) is 63.4 Å². The zero-order chi connectivity index (χ0) is 18.8. The fourth-order valence-electron chi connectivity index (χ4n) is 3.93. The largest absolute Gasteiger partial charge is 0.481 e. The van der Waals surface area contributed by atoms with Crippen LogP contribution in [0.3, 0.4) is 0 Å². The predicted octanol–water partition coefficient (Wildman–Crippen LogP) is 1.14. The molecular weight excluding hydrogens is 346 g/mol. The Balaban J connectivity index is 1.55. The molecule has 2 fully saturated rings. The fourth-order valence-corrected chi connectivity index (χ4v) is 3.93. The van der Waals surface area contributed by atoms with Gasteiger partial charge in [-0.1, -0.05) is 0 Å². The van der Waals surface area contributed by atoms with E-state index in [9.17, 15) is 15.0 Å². The maximum absolute atomic E-state index is 11.8. The van der Waals surface area contributed by atoms with Crippen LogP contribution in [-0.2, 0) is 4.79 Å². The maximum atomic E-state index is 11.8. The molecule has 0 aliphatic carbocycles. The molecule has 8 nitrogen and oxygen atoms in total. The van der Waals surface area contributed by atoms with E-state index in [1.54, 1.807) is 18.6 Å². The standard InChI is InChI=1S/C19H23N5O3/c25-14-4-9-23(10-5-14)17-3-8-21-19(22-17)24-11-15(16(12-24)18(26)27)13-1-6-20-7-2-13/h1-3,6-8,14-16,25H,4-5,9-12H2,(H,26,27)/t15-,16+/m1/s1. The van der Waals surface area contributed by atoms with Crippen LogP contribution in [0.1, 0.15) is 24.3 Å². The van der Waals surface area contributed by atoms with Gasteiger partial charge in [0.15, 0.2) is 0 Å². The molecule has 2 aromatic rings. The molecule has 2 saturated heterocycles. The maximum Gasteiger partial charge on any atom is 0.308 e. The molecule has 2 aromatic heterocycles. The van der Waals surface area contributed by atoms with Crippen molar-refractivity contribution in [2.45, 2.75) is 24.9 Å². The molecular formula is C19H23N5O3. The normalized spacial score (nSPS) is 23.6. The molecule has 2 aliphatic heterocycles. The van der Waals surface area contributed by atoms with Crippen LogP contribution in [0.25, 0.3) is 0 Å². The van der Waals surface area contributed by atoms with E-state index in [1.807, 2.05) is 23.1 Å². The summed E-state index contributed by atoms with van der Waals surface area (Å²) in [6.45, 7) is 2.46. The summed E-state index contributed by atoms with van der Waals surface area (Å²) in [6.07, 6.45) is 6.33. The third-order valence-electron chi connectivity index (χ3n) is 5.47. The summed E-state index contributed by atoms with van der Waals surface area (Å²) < 4.78 is 0. The number of anilines is 2. The second kappa shape index (κ2) is 7.48. The molecule has 2 N–H and O–H groups in total. The van der Waals surface area contributed by atoms with E-state index in [0.717, 1.165) is 37.3 Å². The summed E-state index contributed by atoms with van der Waals surface area (Å²) in [4.78, 5) is 29.0. The van der Waals surface area contributed by atoms with E-state index in [0.29, 0.717) is 19.0 Å². The molecule has 142 valence electrons. The van der Waals surface area contributed by atoms with Gasteiger partial charge in [-0.2, -0.15) is 4.98 Å². The van der Waals surface area contributed by atoms with Gasteiger partial charge in [0.2, 0.25) is 5.95 Å². The lowest BCUT2D eigenvalue weighted by atomic mass is 9.90. The van der Waals surface area contributed by atoms with Crippen LogP contribution >= 0.6 is 0 Å². The number of carboxylic acids is 1. The highest BCUT2D eigenvalue weighted by molar-refractivity contribution is 5.73. The third kappa shape index (κ3) is 3.71. The average molecular weight is 369 g/mol. The number of pyridine rings is 1. The molecule has 0 saturated carbocycles. The first-order valence-electron chi connectivity index (χ1n) is 9.25. The molecule has 4 heterocycles. The van der Waals surface area contributed by atoms with Gasteiger partial charge in [-0.15, -0.1) is 0 Å². The van der Waals surface area contributed by atoms with Crippen LogP contribution in [0.5, 0.6) is 0 Å². The number of aliphatic hydroxyl groups is 1. The van der Waals surface area contributed by atoms with E-state index in [1.165, 1.54) is 0 Å². The lowest BCUT2D eigenvalue weighted by Gasteiger charge is -2.31. The van der Waals surface area contributed by atoms with Gasteiger partial charge < -0.3 is 20.0 Å². The quantitative estimate of drug-likeness (QED) is 0.827. The Morgan fingerprint density at radius 3 is 2.48 bits per heavy atom. The second-order valence-corrected chi connectivity index (χ2v) is 7.17. The first-order valence-corrected chi connectivity index (χ1v) is 9.25. The van der Waals surface area contributed by atoms with Crippen molar-refractivity contribution in [2.24, 2.45) is 5.92 Å². The molecule has 0 bridgehead atoms. The molecule has 0 aromatic carbocycles. The Morgan fingerprint density at radius 2 is 1.78 bits per heavy atom. The van der Waals surface area contributed by atoms with Crippen molar-refractivity contribution in [2.75, 3.05) is 36.0 Å². The van der Waals surface area contributed by atoms with E-state index < -0.39 is 11.9 Å². The van der Waals surface area contributed by atoms with E-state index in [4.69, 9.17) is 0 Å². The van der Waals surface area contributed by atoms with Crippen LogP contribution in [0.4, 0.5) is 11.8 Å². The van der Waals surface area contributed by atoms with Crippen LogP contribution in [0.15, 0.2) is 36.8 Å². The zero-order valence-electron chi connectivity index (χ0n) is 15.0. The van der Waals surface area contributed by atoms with Gasteiger partial charge in [0, 0.05) is 50.7 Å². The van der Waals surface area contributed by atoms with Crippen LogP contribution in [0, 0.1) is 5.92 Å². The van der Waals surface area contributed by atoms with Crippen molar-refractivity contribution in [3.8, 4) is 0 Å². The highest BCUT2D eigenvalue weighted by Gasteiger charge is 2.39. The monoisotopic (exact) mass is 369 g/mol. The fraction of sp³-hybridized carbons (Fsp3) is 0.474. The van der Waals surface area contributed by atoms with Crippen molar-refractivity contribution >= 4 is 17.7 Å². The Hall–Kier alpha value is -2.74. The van der Waals surface area contributed by atoms with Gasteiger partial charge in [0.25, 0.3) is 0 Å². The van der Waals surface area contributed by atoms with Gasteiger partial charge in [-0.25, -0.2) is 4.98 Å². The molecule has 0 unspecified atom stereocenters. The van der Waals surface area contributed by atoms with Crippen molar-refractivity contribution in [3.63, 3.8) is 0 Å². The molecule has 0 radical (unpaired) electrons. The zero-order valence-corrected chi connectivity index (χ0v) is 15.0. The molecule has 8 heteroatoms. The van der Waals surface area contributed by atoms with Crippen molar-refractivity contribution in [1.82, 2.24) is 15.0 Å². The summed E-state index contributed by atoms with van der Waals surface area (Å²) >= 11 is 0. The Morgan fingerprint density at radius 1 is 1.04 bits per heavy atom. The van der Waals surface area contributed by atoms with Crippen LogP contribution in [0.2, 0.25) is 0 Å². The number of piperidine rings is 1. The average Bonchev–Trinajstić information content (AvgIpc) is 3.15. The highest BCUT2D eigenvalue weighted by atomic mass is 16.4. The topological polar surface area (TPSA) is 103 Å². The molecule has 0 amide bonds. The smallest absolute Gasteiger partial charge is 0.308 e. The number of hydrogen-bond donors (Lipinski definition) is 2. The number of carbonyl (C=O) groups is 1. The molecule has 2 aliphatic rings. The summed E-state index contributed by atoms with van der Waals surface area (Å²) in [5.41, 5.74) is 0.973. The number of aliphatic carboxylic acids is 1. The number of aromatic nitrogens is 3. The summed E-state index contributed by atoms with van der Waals surface area (Å²) in [6, 6.07) is 5.62. The van der Waals surface area contributed by atoms with Crippen LogP contribution < -0.4 is 9.80 Å². The van der Waals surface area contributed by atoms with E-state index in [-0.39, 0.29) is 12.0 Å². The molecule has 27 heavy (non-hydrogen) atoms. The Kier molecular flexibility index (Phi) is 4.89. The molecule has 4 rings (SSSR count). The SMILES string of the molecule is O=C(O)[C@H]1CN(c2nccc(N3CCC(O)CC3)n2)C[C@@H]1c1ccncc1. The van der Waals surface area contributed by atoms with Gasteiger partial charge >= 0.3 is 5.97 Å². The Labute approximate surface area is 157 Å². The Bertz CT molecular complexity index is 795. The predicted molar refractivity (Wildman–Crippen MR) is 99.8 cm³/mol. The van der Waals surface area contributed by atoms with Crippen molar-refractivity contribution in [1.29, 1.82) is 0 Å². The molecule has 0 spiro atoms. The summed E-state index contributed by atoms with van der Waals surface area (Å²) in [5.74, 6) is -0.0549. The number of rotatable bonds is 4. The molecule has 2 atom stereocenters. The van der Waals surface area contributed by atoms with Gasteiger partial charge in [0.1, 0.15) is 5.82 Å². The highest BCUT2D eigenvalue weighted by Crippen LogP contribution is 2.34. The minimum atomic E-state index is -0.805.